The van der Waals surface area contributed by atoms with Crippen molar-refractivity contribution in [2.45, 2.75) is 13.8 Å². The maximum atomic E-state index is 10.2. The lowest BCUT2D eigenvalue weighted by Crippen LogP contribution is -2.00. The topological polar surface area (TPSA) is 41.6 Å². The number of hydrogen-bond acceptors (Lipinski definition) is 2. The Kier molecular flexibility index (Phi) is 5.95. The fourth-order valence-corrected chi connectivity index (χ4v) is 6.02. The number of para-hydroxylation sites is 1. The monoisotopic (exact) mass is 525 g/mol. The fourth-order valence-electron chi connectivity index (χ4n) is 6.02. The number of nitrogens with zero attached hydrogens (tertiary/aromatic N) is 3. The van der Waals surface area contributed by atoms with Crippen molar-refractivity contribution in [1.82, 2.24) is 9.55 Å². The maximum Gasteiger partial charge on any atom is 0.0998 e. The zero-order chi connectivity index (χ0) is 27.9. The molecule has 0 spiro atoms. The Morgan fingerprint density at radius 1 is 0.585 bits per heavy atom. The number of fused-ring (bicyclic) bond motifs is 3. The molecular weight excluding hydrogens is 498 g/mol. The number of pyridine rings is 1. The SMILES string of the molecule is Cc1ccc(-c2ccc3c(c2)c2ccccc2n3-c2cc(-c3ccncc3)c(C#N)cc2-c2ccccc2)c(C)c1. The van der Waals surface area contributed by atoms with Crippen LogP contribution in [0.15, 0.2) is 128 Å². The van der Waals surface area contributed by atoms with Crippen molar-refractivity contribution < 1.29 is 0 Å². The maximum absolute atomic E-state index is 10.2. The molecule has 2 aromatic heterocycles. The van der Waals surface area contributed by atoms with Gasteiger partial charge in [0.15, 0.2) is 0 Å². The molecule has 0 radical (unpaired) electrons. The van der Waals surface area contributed by atoms with E-state index in [1.807, 2.05) is 36.4 Å². The Morgan fingerprint density at radius 2 is 1.32 bits per heavy atom. The summed E-state index contributed by atoms with van der Waals surface area (Å²) in [5, 5.41) is 12.6. The van der Waals surface area contributed by atoms with Crippen molar-refractivity contribution in [3.63, 3.8) is 0 Å². The number of benzene rings is 5. The van der Waals surface area contributed by atoms with Crippen molar-refractivity contribution in [3.8, 4) is 45.1 Å². The average Bonchev–Trinajstić information content (AvgIpc) is 3.35. The Balaban J connectivity index is 1.57. The van der Waals surface area contributed by atoms with Crippen LogP contribution in [0, 0.1) is 25.2 Å². The molecule has 2 heterocycles. The second-order valence-corrected chi connectivity index (χ2v) is 10.5. The predicted molar refractivity (Wildman–Crippen MR) is 169 cm³/mol. The normalized spacial score (nSPS) is 11.1. The van der Waals surface area contributed by atoms with Crippen LogP contribution in [0.1, 0.15) is 16.7 Å². The standard InChI is InChI=1S/C38H27N3/c1-25-12-14-31(26(2)20-25)29-13-15-37-35(21-29)32-10-6-7-11-36(32)41(37)38-23-33(28-16-18-40-19-17-28)30(24-39)22-34(38)27-8-4-3-5-9-27/h3-23H,1-2H3. The molecule has 3 nitrogen and oxygen atoms in total. The van der Waals surface area contributed by atoms with Gasteiger partial charge in [0.1, 0.15) is 0 Å². The lowest BCUT2D eigenvalue weighted by molar-refractivity contribution is 1.18. The Labute approximate surface area is 239 Å². The molecule has 0 fully saturated rings. The molecule has 0 amide bonds. The molecule has 0 bridgehead atoms. The largest absolute Gasteiger partial charge is 0.309 e. The molecule has 0 aliphatic carbocycles. The van der Waals surface area contributed by atoms with Gasteiger partial charge in [0.2, 0.25) is 0 Å². The minimum absolute atomic E-state index is 0.636. The van der Waals surface area contributed by atoms with Gasteiger partial charge in [-0.1, -0.05) is 78.4 Å². The van der Waals surface area contributed by atoms with Crippen molar-refractivity contribution in [2.24, 2.45) is 0 Å². The molecule has 0 saturated carbocycles. The minimum atomic E-state index is 0.636. The summed E-state index contributed by atoms with van der Waals surface area (Å²) in [6, 6.07) is 42.9. The molecule has 194 valence electrons. The van der Waals surface area contributed by atoms with Crippen LogP contribution < -0.4 is 0 Å². The van der Waals surface area contributed by atoms with Crippen molar-refractivity contribution in [2.75, 3.05) is 0 Å². The lowest BCUT2D eigenvalue weighted by atomic mass is 9.94. The lowest BCUT2D eigenvalue weighted by Gasteiger charge is -2.17. The van der Waals surface area contributed by atoms with Gasteiger partial charge in [0.05, 0.1) is 28.4 Å². The van der Waals surface area contributed by atoms with Gasteiger partial charge >= 0.3 is 0 Å². The Bertz CT molecular complexity index is 2110. The number of nitriles is 1. The summed E-state index contributed by atoms with van der Waals surface area (Å²) in [6.45, 7) is 4.31. The molecule has 0 unspecified atom stereocenters. The second-order valence-electron chi connectivity index (χ2n) is 10.5. The van der Waals surface area contributed by atoms with Gasteiger partial charge in [-0.05, 0) is 84.1 Å². The molecule has 0 aliphatic rings. The third kappa shape index (κ3) is 4.18. The Morgan fingerprint density at radius 3 is 2.10 bits per heavy atom. The van der Waals surface area contributed by atoms with Gasteiger partial charge < -0.3 is 4.57 Å². The van der Waals surface area contributed by atoms with Crippen LogP contribution >= 0.6 is 0 Å². The van der Waals surface area contributed by atoms with E-state index in [-0.39, 0.29) is 0 Å². The fraction of sp³-hybridized carbons (Fsp3) is 0.0526. The van der Waals surface area contributed by atoms with E-state index in [9.17, 15) is 5.26 Å². The molecule has 41 heavy (non-hydrogen) atoms. The summed E-state index contributed by atoms with van der Waals surface area (Å²) in [5.74, 6) is 0. The molecule has 0 atom stereocenters. The highest BCUT2D eigenvalue weighted by Gasteiger charge is 2.19. The molecule has 0 aliphatic heterocycles. The van der Waals surface area contributed by atoms with E-state index in [1.54, 1.807) is 12.4 Å². The number of aryl methyl sites for hydroxylation is 2. The van der Waals surface area contributed by atoms with E-state index < -0.39 is 0 Å². The summed E-state index contributed by atoms with van der Waals surface area (Å²) in [5.41, 5.74) is 12.9. The van der Waals surface area contributed by atoms with E-state index >= 15 is 0 Å². The van der Waals surface area contributed by atoms with Crippen molar-refractivity contribution >= 4 is 21.8 Å². The van der Waals surface area contributed by atoms with Crippen LogP contribution in [-0.2, 0) is 0 Å². The van der Waals surface area contributed by atoms with Crippen LogP contribution in [0.5, 0.6) is 0 Å². The van der Waals surface area contributed by atoms with E-state index in [4.69, 9.17) is 0 Å². The molecule has 0 N–H and O–H groups in total. The van der Waals surface area contributed by atoms with Gasteiger partial charge in [-0.3, -0.25) is 4.98 Å². The van der Waals surface area contributed by atoms with Gasteiger partial charge in [0, 0.05) is 34.3 Å². The van der Waals surface area contributed by atoms with Gasteiger partial charge in [-0.25, -0.2) is 0 Å². The highest BCUT2D eigenvalue weighted by molar-refractivity contribution is 6.11. The predicted octanol–water partition coefficient (Wildman–Crippen LogP) is 9.67. The highest BCUT2D eigenvalue weighted by atomic mass is 15.0. The minimum Gasteiger partial charge on any atom is -0.309 e. The molecular formula is C38H27N3. The molecule has 3 heteroatoms. The second kappa shape index (κ2) is 9.93. The molecule has 5 aromatic carbocycles. The van der Waals surface area contributed by atoms with E-state index in [0.717, 1.165) is 39.0 Å². The van der Waals surface area contributed by atoms with Gasteiger partial charge in [-0.2, -0.15) is 5.26 Å². The summed E-state index contributed by atoms with van der Waals surface area (Å²) in [7, 11) is 0. The first-order valence-corrected chi connectivity index (χ1v) is 13.8. The molecule has 7 aromatic rings. The highest BCUT2D eigenvalue weighted by Crippen LogP contribution is 2.40. The third-order valence-corrected chi connectivity index (χ3v) is 7.94. The van der Waals surface area contributed by atoms with Crippen LogP contribution in [0.2, 0.25) is 0 Å². The van der Waals surface area contributed by atoms with Crippen molar-refractivity contribution in [1.29, 1.82) is 5.26 Å². The number of aromatic nitrogens is 2. The smallest absolute Gasteiger partial charge is 0.0998 e. The number of hydrogen-bond donors (Lipinski definition) is 0. The van der Waals surface area contributed by atoms with Crippen LogP contribution in [0.3, 0.4) is 0 Å². The quantitative estimate of drug-likeness (QED) is 0.229. The van der Waals surface area contributed by atoms with Gasteiger partial charge in [-0.15, -0.1) is 0 Å². The van der Waals surface area contributed by atoms with E-state index in [2.05, 4.69) is 108 Å². The van der Waals surface area contributed by atoms with Crippen molar-refractivity contribution in [3.05, 3.63) is 144 Å². The summed E-state index contributed by atoms with van der Waals surface area (Å²) in [4.78, 5) is 4.20. The average molecular weight is 526 g/mol. The van der Waals surface area contributed by atoms with E-state index in [0.29, 0.717) is 5.56 Å². The summed E-state index contributed by atoms with van der Waals surface area (Å²) >= 11 is 0. The zero-order valence-electron chi connectivity index (χ0n) is 23.0. The summed E-state index contributed by atoms with van der Waals surface area (Å²) in [6.07, 6.45) is 3.55. The summed E-state index contributed by atoms with van der Waals surface area (Å²) < 4.78 is 2.35. The molecule has 0 saturated heterocycles. The Hall–Kier alpha value is -5.46. The van der Waals surface area contributed by atoms with Crippen LogP contribution in [-0.4, -0.2) is 9.55 Å². The van der Waals surface area contributed by atoms with Crippen LogP contribution in [0.25, 0.3) is 60.9 Å². The van der Waals surface area contributed by atoms with Gasteiger partial charge in [0.25, 0.3) is 0 Å². The number of rotatable bonds is 4. The zero-order valence-corrected chi connectivity index (χ0v) is 23.0. The third-order valence-electron chi connectivity index (χ3n) is 7.94. The first-order chi connectivity index (χ1) is 20.1. The van der Waals surface area contributed by atoms with Crippen LogP contribution in [0.4, 0.5) is 0 Å². The first kappa shape index (κ1) is 24.6. The molecule has 7 rings (SSSR count). The first-order valence-electron chi connectivity index (χ1n) is 13.8. The van der Waals surface area contributed by atoms with E-state index in [1.165, 1.54) is 33.0 Å².